The molecule has 1 saturated carbocycles. The molecule has 2 aromatic rings. The summed E-state index contributed by atoms with van der Waals surface area (Å²) in [5.41, 5.74) is 2.45. The van der Waals surface area contributed by atoms with Gasteiger partial charge in [0.2, 0.25) is 10.0 Å². The molecule has 1 aliphatic rings. The first-order valence-corrected chi connectivity index (χ1v) is 11.7. The Kier molecular flexibility index (Phi) is 6.17. The highest BCUT2D eigenvalue weighted by atomic mass is 32.2. The second-order valence-corrected chi connectivity index (χ2v) is 10.1. The van der Waals surface area contributed by atoms with Crippen LogP contribution in [0.15, 0.2) is 29.1 Å². The number of aromatic nitrogens is 1. The Balaban J connectivity index is 2.11. The number of nitrogens with one attached hydrogen (secondary N) is 1. The van der Waals surface area contributed by atoms with Crippen molar-refractivity contribution in [2.75, 3.05) is 4.72 Å². The molecule has 1 aromatic carbocycles. The van der Waals surface area contributed by atoms with Crippen LogP contribution in [0.1, 0.15) is 67.8 Å². The van der Waals surface area contributed by atoms with Gasteiger partial charge < -0.3 is 4.57 Å². The molecule has 0 radical (unpaired) electrons. The fraction of sp³-hybridized carbons (Fsp3) is 0.500. The van der Waals surface area contributed by atoms with Gasteiger partial charge in [-0.05, 0) is 55.4 Å². The maximum atomic E-state index is 14.5. The molecule has 1 aliphatic carbocycles. The molecule has 1 atom stereocenters. The first kappa shape index (κ1) is 21.6. The van der Waals surface area contributed by atoms with Crippen molar-refractivity contribution in [1.82, 2.24) is 4.57 Å². The summed E-state index contributed by atoms with van der Waals surface area (Å²) in [6, 6.07) is 6.58. The van der Waals surface area contributed by atoms with Crippen molar-refractivity contribution in [1.29, 1.82) is 0 Å². The van der Waals surface area contributed by atoms with Gasteiger partial charge in [-0.15, -0.1) is 0 Å². The van der Waals surface area contributed by atoms with Crippen LogP contribution < -0.4 is 10.3 Å². The van der Waals surface area contributed by atoms with Gasteiger partial charge in [0.25, 0.3) is 5.56 Å². The zero-order chi connectivity index (χ0) is 21.3. The predicted molar refractivity (Wildman–Crippen MR) is 115 cm³/mol. The van der Waals surface area contributed by atoms with Crippen LogP contribution in [-0.2, 0) is 23.5 Å². The van der Waals surface area contributed by atoms with Gasteiger partial charge in [0, 0.05) is 24.7 Å². The molecule has 5 nitrogen and oxygen atoms in total. The molecule has 0 spiro atoms. The van der Waals surface area contributed by atoms with Crippen LogP contribution in [0.3, 0.4) is 0 Å². The number of hydrogen-bond donors (Lipinski definition) is 1. The van der Waals surface area contributed by atoms with Crippen LogP contribution in [-0.4, -0.2) is 18.2 Å². The van der Waals surface area contributed by atoms with Crippen molar-refractivity contribution in [3.8, 4) is 0 Å². The van der Waals surface area contributed by atoms with Crippen molar-refractivity contribution in [2.24, 2.45) is 7.05 Å². The molecule has 7 heteroatoms. The van der Waals surface area contributed by atoms with E-state index in [4.69, 9.17) is 0 Å². The standard InChI is InChI=1S/C22H29FN2O3S/c1-5-15(3)18-13-20(24-29(27,28)17-7-6-8-17)21(25(4)22(18)26)12-16-10-9-14(2)11-19(16)23/h9-11,13,15,17,24H,5-8,12H2,1-4H3. The van der Waals surface area contributed by atoms with Crippen LogP contribution >= 0.6 is 0 Å². The van der Waals surface area contributed by atoms with Gasteiger partial charge in [-0.2, -0.15) is 0 Å². The van der Waals surface area contributed by atoms with Crippen LogP contribution in [0.5, 0.6) is 0 Å². The Morgan fingerprint density at radius 2 is 1.97 bits per heavy atom. The quantitative estimate of drug-likeness (QED) is 0.729. The lowest BCUT2D eigenvalue weighted by Crippen LogP contribution is -2.35. The number of nitrogens with zero attached hydrogens (tertiary/aromatic N) is 1. The SMILES string of the molecule is CCC(C)c1cc(NS(=O)(=O)C2CCC2)c(Cc2ccc(C)cc2F)n(C)c1=O. The fourth-order valence-electron chi connectivity index (χ4n) is 3.57. The van der Waals surface area contributed by atoms with Gasteiger partial charge in [0.05, 0.1) is 10.9 Å². The molecular weight excluding hydrogens is 391 g/mol. The lowest BCUT2D eigenvalue weighted by molar-refractivity contribution is 0.479. The van der Waals surface area contributed by atoms with E-state index >= 15 is 0 Å². The molecule has 1 fully saturated rings. The minimum Gasteiger partial charge on any atom is -0.313 e. The molecule has 1 aromatic heterocycles. The number of rotatable bonds is 7. The maximum Gasteiger partial charge on any atom is 0.254 e. The third-order valence-electron chi connectivity index (χ3n) is 6.02. The Bertz CT molecular complexity index is 1070. The zero-order valence-electron chi connectivity index (χ0n) is 17.5. The number of pyridine rings is 1. The van der Waals surface area contributed by atoms with E-state index in [0.717, 1.165) is 18.4 Å². The lowest BCUT2D eigenvalue weighted by atomic mass is 9.97. The molecule has 0 aliphatic heterocycles. The first-order valence-electron chi connectivity index (χ1n) is 10.1. The zero-order valence-corrected chi connectivity index (χ0v) is 18.3. The maximum absolute atomic E-state index is 14.5. The van der Waals surface area contributed by atoms with E-state index in [1.165, 1.54) is 10.6 Å². The van der Waals surface area contributed by atoms with Gasteiger partial charge in [-0.25, -0.2) is 12.8 Å². The van der Waals surface area contributed by atoms with Crippen molar-refractivity contribution in [3.63, 3.8) is 0 Å². The largest absolute Gasteiger partial charge is 0.313 e. The highest BCUT2D eigenvalue weighted by Crippen LogP contribution is 2.30. The molecule has 0 bridgehead atoms. The van der Waals surface area contributed by atoms with E-state index in [1.807, 2.05) is 26.8 Å². The van der Waals surface area contributed by atoms with Gasteiger partial charge in [-0.3, -0.25) is 9.52 Å². The summed E-state index contributed by atoms with van der Waals surface area (Å²) < 4.78 is 44.2. The summed E-state index contributed by atoms with van der Waals surface area (Å²) in [4.78, 5) is 12.9. The molecule has 29 heavy (non-hydrogen) atoms. The minimum absolute atomic E-state index is 0.00850. The average molecular weight is 421 g/mol. The van der Waals surface area contributed by atoms with Gasteiger partial charge >= 0.3 is 0 Å². The van der Waals surface area contributed by atoms with Crippen LogP contribution in [0.25, 0.3) is 0 Å². The molecule has 0 amide bonds. The van der Waals surface area contributed by atoms with E-state index in [-0.39, 0.29) is 23.7 Å². The van der Waals surface area contributed by atoms with Gasteiger partial charge in [0.15, 0.2) is 0 Å². The molecule has 0 saturated heterocycles. The molecule has 1 N–H and O–H groups in total. The lowest BCUT2D eigenvalue weighted by Gasteiger charge is -2.27. The Morgan fingerprint density at radius 3 is 2.52 bits per heavy atom. The van der Waals surface area contributed by atoms with E-state index in [1.54, 1.807) is 19.2 Å². The van der Waals surface area contributed by atoms with Gasteiger partial charge in [0.1, 0.15) is 5.82 Å². The first-order chi connectivity index (χ1) is 13.6. The Morgan fingerprint density at radius 1 is 1.28 bits per heavy atom. The molecule has 1 unspecified atom stereocenters. The minimum atomic E-state index is -3.55. The summed E-state index contributed by atoms with van der Waals surface area (Å²) in [7, 11) is -1.92. The van der Waals surface area contributed by atoms with Crippen LogP contribution in [0.2, 0.25) is 0 Å². The van der Waals surface area contributed by atoms with Gasteiger partial charge in [-0.1, -0.05) is 32.4 Å². The second-order valence-electron chi connectivity index (χ2n) is 8.11. The number of anilines is 1. The van der Waals surface area contributed by atoms with Crippen molar-refractivity contribution < 1.29 is 12.8 Å². The number of hydrogen-bond acceptors (Lipinski definition) is 3. The van der Waals surface area contributed by atoms with E-state index in [0.29, 0.717) is 35.3 Å². The number of sulfonamides is 1. The normalized spacial score (nSPS) is 15.8. The average Bonchev–Trinajstić information content (AvgIpc) is 2.60. The van der Waals surface area contributed by atoms with E-state index < -0.39 is 15.3 Å². The fourth-order valence-corrected chi connectivity index (χ4v) is 5.17. The predicted octanol–water partition coefficient (Wildman–Crippen LogP) is 4.23. The summed E-state index contributed by atoms with van der Waals surface area (Å²) in [6.45, 7) is 5.74. The highest BCUT2D eigenvalue weighted by molar-refractivity contribution is 7.93. The molecule has 158 valence electrons. The third kappa shape index (κ3) is 4.39. The van der Waals surface area contributed by atoms with E-state index in [2.05, 4.69) is 4.72 Å². The summed E-state index contributed by atoms with van der Waals surface area (Å²) in [6.07, 6.45) is 3.07. The summed E-state index contributed by atoms with van der Waals surface area (Å²) in [5, 5.41) is -0.407. The number of benzene rings is 1. The van der Waals surface area contributed by atoms with Crippen LogP contribution in [0, 0.1) is 12.7 Å². The smallest absolute Gasteiger partial charge is 0.254 e. The summed E-state index contributed by atoms with van der Waals surface area (Å²) >= 11 is 0. The van der Waals surface area contributed by atoms with Crippen molar-refractivity contribution in [3.05, 3.63) is 62.8 Å². The van der Waals surface area contributed by atoms with E-state index in [9.17, 15) is 17.6 Å². The van der Waals surface area contributed by atoms with Crippen molar-refractivity contribution >= 4 is 15.7 Å². The Hall–Kier alpha value is -2.15. The van der Waals surface area contributed by atoms with Crippen LogP contribution in [0.4, 0.5) is 10.1 Å². The molecule has 1 heterocycles. The number of halogens is 1. The topological polar surface area (TPSA) is 68.2 Å². The number of aryl methyl sites for hydroxylation is 1. The Labute approximate surface area is 172 Å². The molecular formula is C22H29FN2O3S. The summed E-state index contributed by atoms with van der Waals surface area (Å²) in [5.74, 6) is -0.373. The third-order valence-corrected chi connectivity index (χ3v) is 7.87. The highest BCUT2D eigenvalue weighted by Gasteiger charge is 2.32. The second kappa shape index (κ2) is 8.30. The van der Waals surface area contributed by atoms with Crippen molar-refractivity contribution in [2.45, 2.75) is 64.0 Å². The monoisotopic (exact) mass is 420 g/mol. The molecule has 3 rings (SSSR count).